The molecular formula is C22H30N2O7S. The fourth-order valence-corrected chi connectivity index (χ4v) is 5.77. The maximum atomic E-state index is 13.2. The van der Waals surface area contributed by atoms with E-state index in [1.165, 1.54) is 16.4 Å². The van der Waals surface area contributed by atoms with Gasteiger partial charge in [0.25, 0.3) is 5.91 Å². The van der Waals surface area contributed by atoms with Gasteiger partial charge in [-0.2, -0.15) is 4.31 Å². The third-order valence-corrected chi connectivity index (χ3v) is 7.86. The zero-order valence-corrected chi connectivity index (χ0v) is 19.1. The predicted molar refractivity (Wildman–Crippen MR) is 115 cm³/mol. The van der Waals surface area contributed by atoms with Gasteiger partial charge in [-0.1, -0.05) is 6.92 Å². The second-order valence-corrected chi connectivity index (χ2v) is 10.4. The van der Waals surface area contributed by atoms with Crippen molar-refractivity contribution < 1.29 is 32.2 Å². The number of carbonyl (C=O) groups is 2. The van der Waals surface area contributed by atoms with E-state index in [4.69, 9.17) is 14.2 Å². The lowest BCUT2D eigenvalue weighted by molar-refractivity contribution is -0.154. The van der Waals surface area contributed by atoms with Crippen LogP contribution in [-0.2, 0) is 24.3 Å². The van der Waals surface area contributed by atoms with Crippen LogP contribution in [0.2, 0.25) is 0 Å². The molecule has 1 aliphatic carbocycles. The van der Waals surface area contributed by atoms with Crippen LogP contribution >= 0.6 is 0 Å². The minimum atomic E-state index is -3.94. The quantitative estimate of drug-likeness (QED) is 0.512. The Morgan fingerprint density at radius 2 is 1.91 bits per heavy atom. The maximum absolute atomic E-state index is 13.2. The van der Waals surface area contributed by atoms with Gasteiger partial charge in [-0.15, -0.1) is 0 Å². The van der Waals surface area contributed by atoms with E-state index in [1.54, 1.807) is 11.0 Å². The van der Waals surface area contributed by atoms with Crippen LogP contribution in [0.4, 0.5) is 0 Å². The number of nitrogens with zero attached hydrogens (tertiary/aromatic N) is 2. The first-order chi connectivity index (χ1) is 15.4. The molecule has 176 valence electrons. The minimum absolute atomic E-state index is 0.0380. The number of carbonyl (C=O) groups excluding carboxylic acids is 2. The Morgan fingerprint density at radius 3 is 2.62 bits per heavy atom. The van der Waals surface area contributed by atoms with E-state index in [0.717, 1.165) is 19.3 Å². The molecule has 0 radical (unpaired) electrons. The number of ether oxygens (including phenoxy) is 3. The van der Waals surface area contributed by atoms with Crippen molar-refractivity contribution in [2.24, 2.45) is 5.92 Å². The molecule has 2 fully saturated rings. The van der Waals surface area contributed by atoms with Crippen LogP contribution in [0.1, 0.15) is 39.0 Å². The number of rotatable bonds is 9. The van der Waals surface area contributed by atoms with Crippen LogP contribution in [0.5, 0.6) is 11.5 Å². The van der Waals surface area contributed by atoms with Gasteiger partial charge in [0.15, 0.2) is 18.1 Å². The van der Waals surface area contributed by atoms with Crippen molar-refractivity contribution in [2.45, 2.75) is 50.0 Å². The monoisotopic (exact) mass is 466 g/mol. The van der Waals surface area contributed by atoms with Gasteiger partial charge in [-0.05, 0) is 50.2 Å². The topological polar surface area (TPSA) is 102 Å². The van der Waals surface area contributed by atoms with Crippen LogP contribution in [0.25, 0.3) is 0 Å². The second-order valence-electron chi connectivity index (χ2n) is 8.47. The molecule has 1 unspecified atom stereocenters. The van der Waals surface area contributed by atoms with Gasteiger partial charge in [0.1, 0.15) is 19.3 Å². The summed E-state index contributed by atoms with van der Waals surface area (Å²) in [4.78, 5) is 27.1. The summed E-state index contributed by atoms with van der Waals surface area (Å²) in [6.45, 7) is 3.93. The van der Waals surface area contributed by atoms with Gasteiger partial charge >= 0.3 is 5.97 Å². The van der Waals surface area contributed by atoms with Gasteiger partial charge < -0.3 is 19.1 Å². The van der Waals surface area contributed by atoms with E-state index < -0.39 is 22.0 Å². The molecule has 0 bridgehead atoms. The highest BCUT2D eigenvalue weighted by atomic mass is 32.2. The van der Waals surface area contributed by atoms with E-state index in [0.29, 0.717) is 56.6 Å². The van der Waals surface area contributed by atoms with E-state index in [9.17, 15) is 18.0 Å². The molecule has 2 heterocycles. The van der Waals surface area contributed by atoms with Gasteiger partial charge in [0.05, 0.1) is 4.90 Å². The summed E-state index contributed by atoms with van der Waals surface area (Å²) in [5.41, 5.74) is 0. The molecule has 1 amide bonds. The molecule has 10 heteroatoms. The zero-order chi connectivity index (χ0) is 22.7. The summed E-state index contributed by atoms with van der Waals surface area (Å²) in [6.07, 6.45) is 3.99. The van der Waals surface area contributed by atoms with Crippen molar-refractivity contribution in [1.82, 2.24) is 9.21 Å². The second kappa shape index (κ2) is 9.66. The summed E-state index contributed by atoms with van der Waals surface area (Å²) >= 11 is 0. The average Bonchev–Trinajstić information content (AvgIpc) is 3.47. The van der Waals surface area contributed by atoms with Crippen molar-refractivity contribution in [1.29, 1.82) is 0 Å². The lowest BCUT2D eigenvalue weighted by Crippen LogP contribution is -2.43. The van der Waals surface area contributed by atoms with Crippen LogP contribution < -0.4 is 9.47 Å². The lowest BCUT2D eigenvalue weighted by atomic mass is 10.2. The van der Waals surface area contributed by atoms with Crippen molar-refractivity contribution in [3.63, 3.8) is 0 Å². The number of esters is 1. The smallest absolute Gasteiger partial charge is 0.324 e. The number of fused-ring (bicyclic) bond motifs is 1. The maximum Gasteiger partial charge on any atom is 0.324 e. The number of amides is 1. The molecule has 3 aliphatic rings. The summed E-state index contributed by atoms with van der Waals surface area (Å²) in [7, 11) is -3.94. The number of hydrogen-bond donors (Lipinski definition) is 0. The molecule has 1 aromatic rings. The highest BCUT2D eigenvalue weighted by molar-refractivity contribution is 7.89. The Morgan fingerprint density at radius 1 is 1.16 bits per heavy atom. The van der Waals surface area contributed by atoms with Crippen LogP contribution in [0.3, 0.4) is 0 Å². The molecule has 0 aromatic heterocycles. The standard InChI is InChI=1S/C22H30N2O7S/c1-2-9-23(14-16-5-6-16)21(25)15-31-22(26)18-4-3-10-24(18)32(27,28)17-7-8-19-20(13-17)30-12-11-29-19/h7-8,13,16,18H,2-6,9-12,14-15H2,1H3. The molecular weight excluding hydrogens is 436 g/mol. The fourth-order valence-electron chi connectivity index (χ4n) is 4.10. The highest BCUT2D eigenvalue weighted by Gasteiger charge is 2.41. The van der Waals surface area contributed by atoms with E-state index in [2.05, 4.69) is 0 Å². The Kier molecular flexibility index (Phi) is 6.90. The molecule has 9 nitrogen and oxygen atoms in total. The molecule has 2 aliphatic heterocycles. The highest BCUT2D eigenvalue weighted by Crippen LogP contribution is 2.35. The molecule has 1 atom stereocenters. The van der Waals surface area contributed by atoms with Crippen LogP contribution in [0, 0.1) is 5.92 Å². The Balaban J connectivity index is 1.41. The SMILES string of the molecule is CCCN(CC1CC1)C(=O)COC(=O)C1CCCN1S(=O)(=O)c1ccc2c(c1)OCCO2. The van der Waals surface area contributed by atoms with Crippen molar-refractivity contribution in [3.8, 4) is 11.5 Å². The molecule has 1 aromatic carbocycles. The molecule has 0 spiro atoms. The van der Waals surface area contributed by atoms with Crippen molar-refractivity contribution in [3.05, 3.63) is 18.2 Å². The predicted octanol–water partition coefficient (Wildman–Crippen LogP) is 1.80. The largest absolute Gasteiger partial charge is 0.486 e. The molecule has 4 rings (SSSR count). The molecule has 1 saturated heterocycles. The summed E-state index contributed by atoms with van der Waals surface area (Å²) < 4.78 is 43.9. The van der Waals surface area contributed by atoms with Crippen molar-refractivity contribution in [2.75, 3.05) is 39.5 Å². The number of benzene rings is 1. The van der Waals surface area contributed by atoms with Gasteiger partial charge in [0.2, 0.25) is 10.0 Å². The molecule has 32 heavy (non-hydrogen) atoms. The van der Waals surface area contributed by atoms with Gasteiger partial charge in [0, 0.05) is 25.7 Å². The lowest BCUT2D eigenvalue weighted by Gasteiger charge is -2.25. The first-order valence-electron chi connectivity index (χ1n) is 11.3. The third-order valence-electron chi connectivity index (χ3n) is 5.96. The van der Waals surface area contributed by atoms with E-state index in [1.807, 2.05) is 6.92 Å². The Labute approximate surface area is 188 Å². The van der Waals surface area contributed by atoms with Crippen LogP contribution in [0.15, 0.2) is 23.1 Å². The zero-order valence-electron chi connectivity index (χ0n) is 18.3. The van der Waals surface area contributed by atoms with Crippen molar-refractivity contribution >= 4 is 21.9 Å². The molecule has 1 saturated carbocycles. The Hall–Kier alpha value is -2.33. The first kappa shape index (κ1) is 22.8. The summed E-state index contributed by atoms with van der Waals surface area (Å²) in [5, 5.41) is 0. The number of hydrogen-bond acceptors (Lipinski definition) is 7. The van der Waals surface area contributed by atoms with Crippen LogP contribution in [-0.4, -0.2) is 75.0 Å². The average molecular weight is 467 g/mol. The summed E-state index contributed by atoms with van der Waals surface area (Å²) in [6, 6.07) is 3.50. The van der Waals surface area contributed by atoms with Gasteiger partial charge in [-0.25, -0.2) is 8.42 Å². The van der Waals surface area contributed by atoms with Gasteiger partial charge in [-0.3, -0.25) is 9.59 Å². The first-order valence-corrected chi connectivity index (χ1v) is 12.7. The number of sulfonamides is 1. The van der Waals surface area contributed by atoms with E-state index >= 15 is 0 Å². The van der Waals surface area contributed by atoms with E-state index in [-0.39, 0.29) is 24.0 Å². The third kappa shape index (κ3) is 5.01. The Bertz CT molecular complexity index is 961. The summed E-state index contributed by atoms with van der Waals surface area (Å²) in [5.74, 6) is 0.496. The molecule has 0 N–H and O–H groups in total. The minimum Gasteiger partial charge on any atom is -0.486 e. The normalized spacial score (nSPS) is 20.7. The fraction of sp³-hybridized carbons (Fsp3) is 0.636.